The summed E-state index contributed by atoms with van der Waals surface area (Å²) in [5, 5.41) is 0. The maximum absolute atomic E-state index is 11.7. The number of amides is 2. The highest BCUT2D eigenvalue weighted by Gasteiger charge is 2.24. The number of aryl methyl sites for hydroxylation is 1. The number of benzene rings is 1. The molecule has 0 saturated carbocycles. The van der Waals surface area contributed by atoms with Crippen molar-refractivity contribution in [2.75, 3.05) is 32.8 Å². The van der Waals surface area contributed by atoms with Crippen LogP contribution in [0.15, 0.2) is 30.5 Å². The lowest BCUT2D eigenvalue weighted by Crippen LogP contribution is -2.34. The van der Waals surface area contributed by atoms with Gasteiger partial charge in [-0.1, -0.05) is 12.1 Å². The lowest BCUT2D eigenvalue weighted by Gasteiger charge is -2.32. The fourth-order valence-electron chi connectivity index (χ4n) is 4.50. The van der Waals surface area contributed by atoms with Gasteiger partial charge >= 0.3 is 0 Å². The summed E-state index contributed by atoms with van der Waals surface area (Å²) in [4.78, 5) is 36.4. The van der Waals surface area contributed by atoms with E-state index in [2.05, 4.69) is 27.0 Å². The number of nitrogens with zero attached hydrogens (tertiary/aromatic N) is 4. The quantitative estimate of drug-likeness (QED) is 0.680. The average molecular weight is 438 g/mol. The van der Waals surface area contributed by atoms with E-state index in [-0.39, 0.29) is 11.8 Å². The minimum atomic E-state index is -0.490. The molecule has 1 atom stereocenters. The number of hydrogen-bond donors (Lipinski definition) is 1. The normalized spacial score (nSPS) is 19.3. The van der Waals surface area contributed by atoms with E-state index >= 15 is 0 Å². The van der Waals surface area contributed by atoms with E-state index in [9.17, 15) is 9.59 Å². The maximum Gasteiger partial charge on any atom is 0.252 e. The van der Waals surface area contributed by atoms with Crippen molar-refractivity contribution >= 4 is 11.8 Å². The largest absolute Gasteiger partial charge is 0.492 e. The van der Waals surface area contributed by atoms with Gasteiger partial charge in [0.1, 0.15) is 18.2 Å². The first-order chi connectivity index (χ1) is 15.5. The zero-order valence-electron chi connectivity index (χ0n) is 18.6. The highest BCUT2D eigenvalue weighted by Crippen LogP contribution is 2.26. The van der Waals surface area contributed by atoms with Gasteiger partial charge in [-0.05, 0) is 50.4 Å². The van der Waals surface area contributed by atoms with Crippen LogP contribution < -0.4 is 10.5 Å². The van der Waals surface area contributed by atoms with Gasteiger partial charge < -0.3 is 15.4 Å². The molecule has 170 valence electrons. The first-order valence-corrected chi connectivity index (χ1v) is 11.3. The van der Waals surface area contributed by atoms with E-state index in [0.29, 0.717) is 30.8 Å². The van der Waals surface area contributed by atoms with Crippen LogP contribution in [0.4, 0.5) is 0 Å². The topological polar surface area (TPSA) is 102 Å². The number of nitrogens with two attached hydrogens (primary N) is 1. The van der Waals surface area contributed by atoms with E-state index in [1.165, 1.54) is 5.56 Å². The van der Waals surface area contributed by atoms with Crippen LogP contribution in [0.25, 0.3) is 0 Å². The van der Waals surface area contributed by atoms with Crippen LogP contribution in [0.5, 0.6) is 5.75 Å². The minimum absolute atomic E-state index is 0.230. The van der Waals surface area contributed by atoms with Crippen molar-refractivity contribution in [3.05, 3.63) is 53.1 Å². The summed E-state index contributed by atoms with van der Waals surface area (Å²) in [5.74, 6) is 1.61. The van der Waals surface area contributed by atoms with Gasteiger partial charge in [0.2, 0.25) is 5.91 Å². The van der Waals surface area contributed by atoms with Gasteiger partial charge in [0.15, 0.2) is 0 Å². The molecule has 0 aliphatic carbocycles. The number of ether oxygens (including phenoxy) is 1. The molecule has 2 amide bonds. The van der Waals surface area contributed by atoms with Gasteiger partial charge in [-0.2, -0.15) is 0 Å². The monoisotopic (exact) mass is 437 g/mol. The maximum atomic E-state index is 11.7. The lowest BCUT2D eigenvalue weighted by molar-refractivity contribution is -0.128. The van der Waals surface area contributed by atoms with Gasteiger partial charge in [-0.15, -0.1) is 0 Å². The second-order valence-electron chi connectivity index (χ2n) is 8.64. The molecule has 2 saturated heterocycles. The van der Waals surface area contributed by atoms with Crippen molar-refractivity contribution in [2.24, 2.45) is 5.73 Å². The fraction of sp³-hybridized carbons (Fsp3) is 0.500. The summed E-state index contributed by atoms with van der Waals surface area (Å²) in [6, 6.07) is 8.19. The molecule has 3 heterocycles. The molecule has 2 N–H and O–H groups in total. The number of aromatic nitrogens is 2. The number of primary amides is 1. The average Bonchev–Trinajstić information content (AvgIpc) is 3.19. The molecule has 0 bridgehead atoms. The van der Waals surface area contributed by atoms with E-state index in [0.717, 1.165) is 57.0 Å². The Hall–Kier alpha value is -3.00. The van der Waals surface area contributed by atoms with E-state index in [1.54, 1.807) is 13.1 Å². The van der Waals surface area contributed by atoms with Crippen molar-refractivity contribution in [2.45, 2.75) is 45.1 Å². The summed E-state index contributed by atoms with van der Waals surface area (Å²) in [6.45, 7) is 6.60. The second-order valence-corrected chi connectivity index (χ2v) is 8.64. The minimum Gasteiger partial charge on any atom is -0.492 e. The molecule has 8 nitrogen and oxygen atoms in total. The summed E-state index contributed by atoms with van der Waals surface area (Å²) in [6.07, 6.45) is 5.29. The molecule has 0 radical (unpaired) electrons. The number of rotatable bonds is 8. The third-order valence-corrected chi connectivity index (χ3v) is 6.26. The van der Waals surface area contributed by atoms with Crippen LogP contribution in [-0.2, 0) is 11.3 Å². The Kier molecular flexibility index (Phi) is 6.99. The van der Waals surface area contributed by atoms with E-state index in [4.69, 9.17) is 10.5 Å². The lowest BCUT2D eigenvalue weighted by atomic mass is 9.96. The second kappa shape index (κ2) is 10.1. The Morgan fingerprint density at radius 3 is 2.72 bits per heavy atom. The summed E-state index contributed by atoms with van der Waals surface area (Å²) >= 11 is 0. The molecule has 2 fully saturated rings. The highest BCUT2D eigenvalue weighted by atomic mass is 16.5. The SMILES string of the molecule is Cc1nc([C@H]2CCCN(Cc3ccc(OCCN4CCCC4=O)cc3)C2)ncc1C(N)=O. The van der Waals surface area contributed by atoms with Gasteiger partial charge in [-0.25, -0.2) is 9.97 Å². The van der Waals surface area contributed by atoms with Crippen LogP contribution in [0, 0.1) is 6.92 Å². The van der Waals surface area contributed by atoms with E-state index in [1.807, 2.05) is 17.0 Å². The van der Waals surface area contributed by atoms with Crippen molar-refractivity contribution in [3.8, 4) is 5.75 Å². The molecule has 2 aromatic rings. The van der Waals surface area contributed by atoms with Gasteiger partial charge in [0.25, 0.3) is 5.91 Å². The van der Waals surface area contributed by atoms with Crippen LogP contribution in [0.3, 0.4) is 0 Å². The Morgan fingerprint density at radius 2 is 2.03 bits per heavy atom. The Labute approximate surface area is 188 Å². The first-order valence-electron chi connectivity index (χ1n) is 11.3. The molecule has 1 aromatic heterocycles. The summed E-state index contributed by atoms with van der Waals surface area (Å²) in [5.41, 5.74) is 7.63. The van der Waals surface area contributed by atoms with Crippen molar-refractivity contribution in [1.82, 2.24) is 19.8 Å². The summed E-state index contributed by atoms with van der Waals surface area (Å²) < 4.78 is 5.82. The molecule has 32 heavy (non-hydrogen) atoms. The Bertz CT molecular complexity index is 963. The zero-order valence-corrected chi connectivity index (χ0v) is 18.6. The molecule has 0 unspecified atom stereocenters. The fourth-order valence-corrected chi connectivity index (χ4v) is 4.50. The van der Waals surface area contributed by atoms with Crippen molar-refractivity contribution < 1.29 is 14.3 Å². The third-order valence-electron chi connectivity index (χ3n) is 6.26. The predicted molar refractivity (Wildman–Crippen MR) is 120 cm³/mol. The van der Waals surface area contributed by atoms with Gasteiger partial charge in [0.05, 0.1) is 17.8 Å². The van der Waals surface area contributed by atoms with Crippen molar-refractivity contribution in [3.63, 3.8) is 0 Å². The summed E-state index contributed by atoms with van der Waals surface area (Å²) in [7, 11) is 0. The van der Waals surface area contributed by atoms with Crippen LogP contribution in [0.2, 0.25) is 0 Å². The van der Waals surface area contributed by atoms with Crippen molar-refractivity contribution in [1.29, 1.82) is 0 Å². The standard InChI is InChI=1S/C24H31N5O3/c1-17-21(23(25)31)14-26-24(27-17)19-4-2-10-28(16-19)15-18-6-8-20(9-7-18)32-13-12-29-11-3-5-22(29)30/h6-9,14,19H,2-5,10-13,15-16H2,1H3,(H2,25,31)/t19-/m0/s1. The number of hydrogen-bond acceptors (Lipinski definition) is 6. The zero-order chi connectivity index (χ0) is 22.5. The number of likely N-dealkylation sites (tertiary alicyclic amines) is 2. The number of piperidine rings is 1. The van der Waals surface area contributed by atoms with Crippen LogP contribution in [0.1, 0.15) is 59.0 Å². The number of carbonyl (C=O) groups excluding carboxylic acids is 2. The van der Waals surface area contributed by atoms with Gasteiger partial charge in [-0.3, -0.25) is 14.5 Å². The number of carbonyl (C=O) groups is 2. The van der Waals surface area contributed by atoms with Crippen LogP contribution >= 0.6 is 0 Å². The molecule has 2 aliphatic rings. The molecular weight excluding hydrogens is 406 g/mol. The van der Waals surface area contributed by atoms with E-state index < -0.39 is 5.91 Å². The molecule has 4 rings (SSSR count). The first kappa shape index (κ1) is 22.2. The van der Waals surface area contributed by atoms with Gasteiger partial charge in [0, 0.05) is 38.2 Å². The Balaban J connectivity index is 1.28. The molecule has 0 spiro atoms. The smallest absolute Gasteiger partial charge is 0.252 e. The predicted octanol–water partition coefficient (Wildman–Crippen LogP) is 2.26. The molecule has 2 aliphatic heterocycles. The molecule has 1 aromatic carbocycles. The third kappa shape index (κ3) is 5.43. The molecular formula is C24H31N5O3. The molecule has 8 heteroatoms. The Morgan fingerprint density at radius 1 is 1.22 bits per heavy atom. The van der Waals surface area contributed by atoms with Crippen LogP contribution in [-0.4, -0.2) is 64.4 Å². The highest BCUT2D eigenvalue weighted by molar-refractivity contribution is 5.93.